The minimum Gasteiger partial charge on any atom is -0.361 e. The van der Waals surface area contributed by atoms with Crippen molar-refractivity contribution in [2.45, 2.75) is 12.8 Å². The highest BCUT2D eigenvalue weighted by Gasteiger charge is 2.37. The number of H-pyrrole nitrogens is 1. The highest BCUT2D eigenvalue weighted by Crippen LogP contribution is 2.27. The molecule has 6 nitrogen and oxygen atoms in total. The first-order valence-electron chi connectivity index (χ1n) is 10.7. The number of hydrogen-bond acceptors (Lipinski definition) is 2. The molecular formula is C25H23ClN4O2. The van der Waals surface area contributed by atoms with E-state index in [2.05, 4.69) is 10.3 Å². The fraction of sp³-hybridized carbons (Fsp3) is 0.200. The van der Waals surface area contributed by atoms with Gasteiger partial charge in [-0.2, -0.15) is 0 Å². The van der Waals surface area contributed by atoms with Crippen molar-refractivity contribution in [3.63, 3.8) is 0 Å². The lowest BCUT2D eigenvalue weighted by atomic mass is 10.1. The summed E-state index contributed by atoms with van der Waals surface area (Å²) in [5, 5.41) is 4.67. The second kappa shape index (κ2) is 8.55. The van der Waals surface area contributed by atoms with Gasteiger partial charge in [-0.15, -0.1) is 0 Å². The van der Waals surface area contributed by atoms with Gasteiger partial charge in [-0.1, -0.05) is 17.7 Å². The van der Waals surface area contributed by atoms with Gasteiger partial charge in [0.1, 0.15) is 5.92 Å². The van der Waals surface area contributed by atoms with Crippen molar-refractivity contribution in [1.82, 2.24) is 14.9 Å². The Labute approximate surface area is 190 Å². The van der Waals surface area contributed by atoms with E-state index in [4.69, 9.17) is 11.6 Å². The number of nitrogens with one attached hydrogen (secondary N) is 2. The summed E-state index contributed by atoms with van der Waals surface area (Å²) in [6.07, 6.45) is 7.04. The van der Waals surface area contributed by atoms with Crippen LogP contribution in [0.25, 0.3) is 16.6 Å². The zero-order valence-electron chi connectivity index (χ0n) is 17.4. The van der Waals surface area contributed by atoms with E-state index in [9.17, 15) is 9.59 Å². The minimum atomic E-state index is -0.650. The molecule has 1 aliphatic heterocycles. The first-order valence-corrected chi connectivity index (χ1v) is 11.1. The number of carbonyl (C=O) groups is 2. The highest BCUT2D eigenvalue weighted by molar-refractivity contribution is 6.31. The van der Waals surface area contributed by atoms with Crippen LogP contribution < -0.4 is 10.2 Å². The van der Waals surface area contributed by atoms with Crippen molar-refractivity contribution in [3.8, 4) is 5.69 Å². The number of amides is 2. The van der Waals surface area contributed by atoms with Crippen LogP contribution in [0.4, 0.5) is 5.69 Å². The van der Waals surface area contributed by atoms with Crippen LogP contribution in [0.15, 0.2) is 73.2 Å². The highest BCUT2D eigenvalue weighted by atomic mass is 35.5. The van der Waals surface area contributed by atoms with Crippen LogP contribution in [0.5, 0.6) is 0 Å². The van der Waals surface area contributed by atoms with Crippen LogP contribution in [-0.4, -0.2) is 34.5 Å². The molecule has 0 saturated carbocycles. The molecule has 1 fully saturated rings. The molecule has 2 amide bonds. The van der Waals surface area contributed by atoms with Gasteiger partial charge in [-0.3, -0.25) is 9.59 Å². The SMILES string of the molecule is O=C(NCCc1c[nH]c2ccc(Cl)cc12)C1CCN(c2cccc(-n3cccc3)c2)C1=O. The Balaban J connectivity index is 1.21. The maximum atomic E-state index is 13.0. The summed E-state index contributed by atoms with van der Waals surface area (Å²) < 4.78 is 1.99. The lowest BCUT2D eigenvalue weighted by Crippen LogP contribution is -2.37. The van der Waals surface area contributed by atoms with E-state index in [1.807, 2.05) is 77.8 Å². The molecule has 1 saturated heterocycles. The number of benzene rings is 2. The van der Waals surface area contributed by atoms with E-state index in [0.717, 1.165) is 27.8 Å². The van der Waals surface area contributed by atoms with Crippen LogP contribution in [0, 0.1) is 5.92 Å². The third-order valence-corrected chi connectivity index (χ3v) is 6.22. The van der Waals surface area contributed by atoms with Crippen molar-refractivity contribution >= 4 is 40.0 Å². The van der Waals surface area contributed by atoms with Gasteiger partial charge < -0.3 is 19.8 Å². The predicted octanol–water partition coefficient (Wildman–Crippen LogP) is 4.32. The van der Waals surface area contributed by atoms with E-state index < -0.39 is 5.92 Å². The summed E-state index contributed by atoms with van der Waals surface area (Å²) in [6.45, 7) is 0.998. The molecule has 1 aliphatic rings. The van der Waals surface area contributed by atoms with Crippen molar-refractivity contribution in [1.29, 1.82) is 0 Å². The summed E-state index contributed by atoms with van der Waals surface area (Å²) in [7, 11) is 0. The van der Waals surface area contributed by atoms with E-state index >= 15 is 0 Å². The lowest BCUT2D eigenvalue weighted by molar-refractivity contribution is -0.132. The van der Waals surface area contributed by atoms with E-state index in [-0.39, 0.29) is 11.8 Å². The molecule has 1 atom stereocenters. The molecule has 7 heteroatoms. The second-order valence-electron chi connectivity index (χ2n) is 7.99. The third kappa shape index (κ3) is 3.89. The van der Waals surface area contributed by atoms with Crippen LogP contribution >= 0.6 is 11.6 Å². The van der Waals surface area contributed by atoms with Gasteiger partial charge in [0.15, 0.2) is 0 Å². The summed E-state index contributed by atoms with van der Waals surface area (Å²) in [5.41, 5.74) is 3.89. The second-order valence-corrected chi connectivity index (χ2v) is 8.42. The zero-order valence-corrected chi connectivity index (χ0v) is 18.2. The summed E-state index contributed by atoms with van der Waals surface area (Å²) in [4.78, 5) is 30.7. The maximum Gasteiger partial charge on any atom is 0.239 e. The molecule has 2 aromatic heterocycles. The molecule has 5 rings (SSSR count). The predicted molar refractivity (Wildman–Crippen MR) is 126 cm³/mol. The summed E-state index contributed by atoms with van der Waals surface area (Å²) in [5.74, 6) is -1.01. The number of carbonyl (C=O) groups excluding carboxylic acids is 2. The monoisotopic (exact) mass is 446 g/mol. The number of nitrogens with zero attached hydrogens (tertiary/aromatic N) is 2. The first kappa shape index (κ1) is 20.4. The fourth-order valence-electron chi connectivity index (χ4n) is 4.31. The van der Waals surface area contributed by atoms with Gasteiger partial charge in [0.25, 0.3) is 0 Å². The largest absolute Gasteiger partial charge is 0.361 e. The molecule has 2 N–H and O–H groups in total. The van der Waals surface area contributed by atoms with Crippen LogP contribution in [0.3, 0.4) is 0 Å². The Hall–Kier alpha value is -3.51. The third-order valence-electron chi connectivity index (χ3n) is 5.99. The normalized spacial score (nSPS) is 16.1. The molecule has 0 aliphatic carbocycles. The fourth-order valence-corrected chi connectivity index (χ4v) is 4.48. The van der Waals surface area contributed by atoms with E-state index in [1.165, 1.54) is 0 Å². The summed E-state index contributed by atoms with van der Waals surface area (Å²) in [6, 6.07) is 17.4. The zero-order chi connectivity index (χ0) is 22.1. The Kier molecular flexibility index (Phi) is 5.45. The first-order chi connectivity index (χ1) is 15.6. The number of rotatable bonds is 6. The number of halogens is 1. The topological polar surface area (TPSA) is 70.1 Å². The average Bonchev–Trinajstić information content (AvgIpc) is 3.54. The molecule has 1 unspecified atom stereocenters. The Morgan fingerprint density at radius 1 is 1.09 bits per heavy atom. The molecule has 32 heavy (non-hydrogen) atoms. The van der Waals surface area contributed by atoms with Crippen molar-refractivity contribution in [2.24, 2.45) is 5.92 Å². The molecule has 4 aromatic rings. The molecule has 0 spiro atoms. The maximum absolute atomic E-state index is 13.0. The van der Waals surface area contributed by atoms with Gasteiger partial charge in [0.05, 0.1) is 0 Å². The van der Waals surface area contributed by atoms with Gasteiger partial charge in [-0.05, 0) is 66.9 Å². The summed E-state index contributed by atoms with van der Waals surface area (Å²) >= 11 is 6.11. The van der Waals surface area contributed by atoms with Crippen LogP contribution in [-0.2, 0) is 16.0 Å². The number of aromatic amines is 1. The van der Waals surface area contributed by atoms with E-state index in [1.54, 1.807) is 4.90 Å². The smallest absolute Gasteiger partial charge is 0.239 e. The molecule has 0 radical (unpaired) electrons. The molecule has 0 bridgehead atoms. The van der Waals surface area contributed by atoms with Crippen LogP contribution in [0.1, 0.15) is 12.0 Å². The van der Waals surface area contributed by atoms with Crippen molar-refractivity contribution < 1.29 is 9.59 Å². The van der Waals surface area contributed by atoms with Gasteiger partial charge >= 0.3 is 0 Å². The number of anilines is 1. The van der Waals surface area contributed by atoms with E-state index in [0.29, 0.717) is 31.0 Å². The Morgan fingerprint density at radius 2 is 1.91 bits per heavy atom. The van der Waals surface area contributed by atoms with Gasteiger partial charge in [0.2, 0.25) is 11.8 Å². The number of hydrogen-bond donors (Lipinski definition) is 2. The Bertz CT molecular complexity index is 1280. The molecule has 3 heterocycles. The Morgan fingerprint density at radius 3 is 2.75 bits per heavy atom. The average molecular weight is 447 g/mol. The lowest BCUT2D eigenvalue weighted by Gasteiger charge is -2.18. The van der Waals surface area contributed by atoms with Crippen molar-refractivity contribution in [3.05, 3.63) is 83.8 Å². The molecule has 162 valence electrons. The quantitative estimate of drug-likeness (QED) is 0.433. The van der Waals surface area contributed by atoms with Crippen LogP contribution in [0.2, 0.25) is 5.02 Å². The van der Waals surface area contributed by atoms with Crippen molar-refractivity contribution in [2.75, 3.05) is 18.0 Å². The number of aromatic nitrogens is 2. The minimum absolute atomic E-state index is 0.147. The van der Waals surface area contributed by atoms with Gasteiger partial charge in [0, 0.05) is 59.0 Å². The molecular weight excluding hydrogens is 424 g/mol. The number of fused-ring (bicyclic) bond motifs is 1. The standard InChI is InChI=1S/C25H23ClN4O2/c26-18-6-7-23-22(14-18)17(16-28-23)8-10-27-24(31)21-9-13-30(25(21)32)20-5-3-4-19(15-20)29-11-1-2-12-29/h1-7,11-12,14-16,21,28H,8-10,13H2,(H,27,31). The van der Waals surface area contributed by atoms with Gasteiger partial charge in [-0.25, -0.2) is 0 Å². The molecule has 2 aromatic carbocycles.